The topological polar surface area (TPSA) is 59.4 Å². The summed E-state index contributed by atoms with van der Waals surface area (Å²) in [7, 11) is 3.66. The summed E-state index contributed by atoms with van der Waals surface area (Å²) in [5.41, 5.74) is 2.06. The molecule has 1 aromatic heterocycles. The maximum atomic E-state index is 12.7. The molecule has 6 nitrogen and oxygen atoms in total. The van der Waals surface area contributed by atoms with Crippen molar-refractivity contribution < 1.29 is 9.53 Å². The van der Waals surface area contributed by atoms with Crippen molar-refractivity contribution in [1.29, 1.82) is 0 Å². The number of ether oxygens (including phenoxy) is 1. The van der Waals surface area contributed by atoms with Gasteiger partial charge in [0.1, 0.15) is 5.69 Å². The molecule has 0 radical (unpaired) electrons. The Labute approximate surface area is 166 Å². The van der Waals surface area contributed by atoms with Gasteiger partial charge in [0.05, 0.1) is 12.9 Å². The number of hydrogen-bond acceptors (Lipinski definition) is 4. The average molecular weight is 383 g/mol. The molecule has 0 bridgehead atoms. The van der Waals surface area contributed by atoms with Crippen molar-refractivity contribution in [3.05, 3.63) is 54.1 Å². The molecule has 2 heterocycles. The van der Waals surface area contributed by atoms with Gasteiger partial charge in [-0.25, -0.2) is 4.98 Å². The fraction of sp³-hybridized carbons (Fsp3) is 0.545. The molecule has 4 rings (SSSR count). The van der Waals surface area contributed by atoms with Gasteiger partial charge in [0, 0.05) is 57.4 Å². The standard InChI is InChI=1S/C22H30N4O2/c1-25-13-20(24-16-25)21(27)26-10-8-22(9-11-26,15-28-2)14-23-19-12-18(19)17-6-4-3-5-7-17/h3-7,13,16,18-19,23H,8-12,14-15H2,1-2H3. The van der Waals surface area contributed by atoms with Crippen LogP contribution in [0.15, 0.2) is 42.9 Å². The molecule has 1 saturated heterocycles. The molecule has 2 atom stereocenters. The second-order valence-corrected chi connectivity index (χ2v) is 8.39. The van der Waals surface area contributed by atoms with Crippen molar-refractivity contribution in [2.75, 3.05) is 33.4 Å². The number of rotatable bonds is 7. The van der Waals surface area contributed by atoms with Crippen LogP contribution in [0.1, 0.15) is 41.2 Å². The van der Waals surface area contributed by atoms with E-state index in [-0.39, 0.29) is 11.3 Å². The Morgan fingerprint density at radius 2 is 2.04 bits per heavy atom. The molecule has 0 spiro atoms. The van der Waals surface area contributed by atoms with E-state index in [9.17, 15) is 4.79 Å². The van der Waals surface area contributed by atoms with Crippen LogP contribution in [-0.2, 0) is 11.8 Å². The maximum Gasteiger partial charge on any atom is 0.274 e. The highest BCUT2D eigenvalue weighted by atomic mass is 16.5. The maximum absolute atomic E-state index is 12.7. The smallest absolute Gasteiger partial charge is 0.274 e. The Balaban J connectivity index is 1.31. The molecule has 1 N–H and O–H groups in total. The number of nitrogens with one attached hydrogen (secondary N) is 1. The number of carbonyl (C=O) groups excluding carboxylic acids is 1. The highest BCUT2D eigenvalue weighted by molar-refractivity contribution is 5.92. The van der Waals surface area contributed by atoms with Gasteiger partial charge in [-0.1, -0.05) is 30.3 Å². The Morgan fingerprint density at radius 1 is 1.29 bits per heavy atom. The van der Waals surface area contributed by atoms with E-state index < -0.39 is 0 Å². The van der Waals surface area contributed by atoms with Crippen molar-refractivity contribution in [2.45, 2.75) is 31.2 Å². The third kappa shape index (κ3) is 4.13. The number of aryl methyl sites for hydroxylation is 1. The van der Waals surface area contributed by atoms with Gasteiger partial charge in [-0.2, -0.15) is 0 Å². The Kier molecular flexibility index (Phi) is 5.51. The third-order valence-electron chi connectivity index (χ3n) is 6.24. The fourth-order valence-electron chi connectivity index (χ4n) is 4.38. The number of amides is 1. The molecule has 28 heavy (non-hydrogen) atoms. The van der Waals surface area contributed by atoms with Gasteiger partial charge in [-0.05, 0) is 24.8 Å². The van der Waals surface area contributed by atoms with Crippen molar-refractivity contribution in [2.24, 2.45) is 12.5 Å². The van der Waals surface area contributed by atoms with Crippen molar-refractivity contribution in [3.63, 3.8) is 0 Å². The van der Waals surface area contributed by atoms with Crippen molar-refractivity contribution in [3.8, 4) is 0 Å². The Hall–Kier alpha value is -2.18. The number of likely N-dealkylation sites (tertiary alicyclic amines) is 1. The molecule has 6 heteroatoms. The predicted octanol–water partition coefficient (Wildman–Crippen LogP) is 2.43. The largest absolute Gasteiger partial charge is 0.384 e. The average Bonchev–Trinajstić information content (AvgIpc) is 3.38. The minimum Gasteiger partial charge on any atom is -0.384 e. The molecule has 150 valence electrons. The van der Waals surface area contributed by atoms with Gasteiger partial charge in [0.15, 0.2) is 0 Å². The van der Waals surface area contributed by atoms with E-state index in [4.69, 9.17) is 4.74 Å². The molecular weight excluding hydrogens is 352 g/mol. The molecule has 1 amide bonds. The fourth-order valence-corrected chi connectivity index (χ4v) is 4.38. The van der Waals surface area contributed by atoms with E-state index in [2.05, 4.69) is 40.6 Å². The molecular formula is C22H30N4O2. The highest BCUT2D eigenvalue weighted by Crippen LogP contribution is 2.42. The molecule has 1 aliphatic heterocycles. The zero-order valence-electron chi connectivity index (χ0n) is 16.8. The summed E-state index contributed by atoms with van der Waals surface area (Å²) >= 11 is 0. The minimum absolute atomic E-state index is 0.0333. The number of benzene rings is 1. The summed E-state index contributed by atoms with van der Waals surface area (Å²) in [4.78, 5) is 18.8. The number of hydrogen-bond donors (Lipinski definition) is 1. The van der Waals surface area contributed by atoms with Gasteiger partial charge in [-0.15, -0.1) is 0 Å². The molecule has 2 aliphatic rings. The first-order chi connectivity index (χ1) is 13.6. The van der Waals surface area contributed by atoms with Crippen LogP contribution in [0.25, 0.3) is 0 Å². The second-order valence-electron chi connectivity index (χ2n) is 8.39. The molecule has 1 aliphatic carbocycles. The number of nitrogens with zero attached hydrogens (tertiary/aromatic N) is 3. The van der Waals surface area contributed by atoms with Gasteiger partial charge in [0.25, 0.3) is 5.91 Å². The van der Waals surface area contributed by atoms with E-state index in [1.165, 1.54) is 12.0 Å². The summed E-state index contributed by atoms with van der Waals surface area (Å²) in [5.74, 6) is 0.664. The lowest BCUT2D eigenvalue weighted by Crippen LogP contribution is -2.49. The summed E-state index contributed by atoms with van der Waals surface area (Å²) in [6.45, 7) is 3.19. The summed E-state index contributed by atoms with van der Waals surface area (Å²) < 4.78 is 7.39. The normalized spacial score (nSPS) is 23.6. The van der Waals surface area contributed by atoms with Gasteiger partial charge < -0.3 is 19.5 Å². The van der Waals surface area contributed by atoms with E-state index in [1.54, 1.807) is 19.6 Å². The van der Waals surface area contributed by atoms with E-state index in [1.807, 2.05) is 16.5 Å². The van der Waals surface area contributed by atoms with Crippen molar-refractivity contribution >= 4 is 5.91 Å². The van der Waals surface area contributed by atoms with E-state index in [0.717, 1.165) is 39.1 Å². The van der Waals surface area contributed by atoms with Crippen LogP contribution in [0.2, 0.25) is 0 Å². The van der Waals surface area contributed by atoms with Gasteiger partial charge in [-0.3, -0.25) is 4.79 Å². The van der Waals surface area contributed by atoms with Crippen LogP contribution in [0.4, 0.5) is 0 Å². The summed E-state index contributed by atoms with van der Waals surface area (Å²) in [5, 5.41) is 3.78. The lowest BCUT2D eigenvalue weighted by atomic mass is 9.78. The minimum atomic E-state index is 0.0333. The van der Waals surface area contributed by atoms with E-state index in [0.29, 0.717) is 17.7 Å². The molecule has 2 fully saturated rings. The zero-order valence-corrected chi connectivity index (χ0v) is 16.8. The zero-order chi connectivity index (χ0) is 19.6. The number of aromatic nitrogens is 2. The van der Waals surface area contributed by atoms with Crippen LogP contribution >= 0.6 is 0 Å². The third-order valence-corrected chi connectivity index (χ3v) is 6.24. The molecule has 2 aromatic rings. The lowest BCUT2D eigenvalue weighted by molar-refractivity contribution is 0.0200. The first-order valence-corrected chi connectivity index (χ1v) is 10.1. The summed E-state index contributed by atoms with van der Waals surface area (Å²) in [6.07, 6.45) is 6.58. The number of piperidine rings is 1. The van der Waals surface area contributed by atoms with Crippen LogP contribution in [0, 0.1) is 5.41 Å². The Morgan fingerprint density at radius 3 is 2.68 bits per heavy atom. The van der Waals surface area contributed by atoms with Gasteiger partial charge in [0.2, 0.25) is 0 Å². The molecule has 2 unspecified atom stereocenters. The predicted molar refractivity (Wildman–Crippen MR) is 108 cm³/mol. The number of carbonyl (C=O) groups is 1. The quantitative estimate of drug-likeness (QED) is 0.799. The molecule has 1 saturated carbocycles. The van der Waals surface area contributed by atoms with Crippen LogP contribution in [0.5, 0.6) is 0 Å². The van der Waals surface area contributed by atoms with Crippen LogP contribution < -0.4 is 5.32 Å². The summed E-state index contributed by atoms with van der Waals surface area (Å²) in [6, 6.07) is 11.3. The lowest BCUT2D eigenvalue weighted by Gasteiger charge is -2.41. The number of imidazole rings is 1. The molecule has 1 aromatic carbocycles. The Bertz CT molecular complexity index is 796. The van der Waals surface area contributed by atoms with Crippen LogP contribution in [-0.4, -0.2) is 59.8 Å². The first-order valence-electron chi connectivity index (χ1n) is 10.1. The first kappa shape index (κ1) is 19.2. The van der Waals surface area contributed by atoms with Crippen molar-refractivity contribution in [1.82, 2.24) is 19.8 Å². The number of methoxy groups -OCH3 is 1. The van der Waals surface area contributed by atoms with Gasteiger partial charge >= 0.3 is 0 Å². The SMILES string of the molecule is COCC1(CNC2CC2c2ccccc2)CCN(C(=O)c2cn(C)cn2)CC1. The highest BCUT2D eigenvalue weighted by Gasteiger charge is 2.42. The second kappa shape index (κ2) is 8.05. The van der Waals surface area contributed by atoms with E-state index >= 15 is 0 Å². The monoisotopic (exact) mass is 382 g/mol. The van der Waals surface area contributed by atoms with Crippen LogP contribution in [0.3, 0.4) is 0 Å².